The lowest BCUT2D eigenvalue weighted by atomic mass is 10.0. The summed E-state index contributed by atoms with van der Waals surface area (Å²) in [6, 6.07) is 0.154. The van der Waals surface area contributed by atoms with Crippen LogP contribution in [0, 0.1) is 12.8 Å². The molecular weight excluding hydrogens is 282 g/mol. The SMILES string of the molecule is CNC(=O)[C@@H]1C[C@H]2CN(C(=O)c3cnc(C)cn3)C[C@H]2N1C. The third-order valence-electron chi connectivity index (χ3n) is 4.78. The fourth-order valence-corrected chi connectivity index (χ4v) is 3.52. The van der Waals surface area contributed by atoms with Crippen LogP contribution < -0.4 is 5.32 Å². The number of amides is 2. The maximum Gasteiger partial charge on any atom is 0.274 e. The molecule has 2 saturated heterocycles. The van der Waals surface area contributed by atoms with Gasteiger partial charge in [-0.15, -0.1) is 0 Å². The molecule has 3 heterocycles. The molecule has 3 rings (SSSR count). The van der Waals surface area contributed by atoms with E-state index in [1.165, 1.54) is 6.20 Å². The predicted octanol–water partition coefficient (Wildman–Crippen LogP) is -0.324. The second-order valence-corrected chi connectivity index (χ2v) is 6.11. The molecule has 0 radical (unpaired) electrons. The summed E-state index contributed by atoms with van der Waals surface area (Å²) in [6.07, 6.45) is 3.94. The number of hydrogen-bond acceptors (Lipinski definition) is 5. The Bertz CT molecular complexity index is 588. The van der Waals surface area contributed by atoms with Gasteiger partial charge in [-0.1, -0.05) is 0 Å². The van der Waals surface area contributed by atoms with E-state index in [9.17, 15) is 9.59 Å². The average molecular weight is 303 g/mol. The monoisotopic (exact) mass is 303 g/mol. The maximum absolute atomic E-state index is 12.5. The van der Waals surface area contributed by atoms with Crippen LogP contribution in [0.1, 0.15) is 22.6 Å². The molecule has 2 amide bonds. The zero-order valence-corrected chi connectivity index (χ0v) is 13.1. The van der Waals surface area contributed by atoms with Crippen molar-refractivity contribution in [2.45, 2.75) is 25.4 Å². The maximum atomic E-state index is 12.5. The second-order valence-electron chi connectivity index (χ2n) is 6.11. The number of aromatic nitrogens is 2. The van der Waals surface area contributed by atoms with Gasteiger partial charge in [-0.25, -0.2) is 4.98 Å². The minimum absolute atomic E-state index is 0.0548. The number of carbonyl (C=O) groups is 2. The van der Waals surface area contributed by atoms with Crippen molar-refractivity contribution in [1.82, 2.24) is 25.1 Å². The number of nitrogens with one attached hydrogen (secondary N) is 1. The summed E-state index contributed by atoms with van der Waals surface area (Å²) < 4.78 is 0. The summed E-state index contributed by atoms with van der Waals surface area (Å²) >= 11 is 0. The van der Waals surface area contributed by atoms with Gasteiger partial charge in [0.25, 0.3) is 5.91 Å². The number of hydrogen-bond donors (Lipinski definition) is 1. The number of likely N-dealkylation sites (N-methyl/N-ethyl adjacent to an activating group) is 2. The molecule has 0 unspecified atom stereocenters. The summed E-state index contributed by atoms with van der Waals surface area (Å²) in [5.41, 5.74) is 1.18. The zero-order valence-electron chi connectivity index (χ0n) is 13.1. The van der Waals surface area contributed by atoms with Gasteiger partial charge in [-0.05, 0) is 26.3 Å². The first-order chi connectivity index (χ1) is 10.5. The summed E-state index contributed by atoms with van der Waals surface area (Å²) in [7, 11) is 3.63. The lowest BCUT2D eigenvalue weighted by Crippen LogP contribution is -2.45. The van der Waals surface area contributed by atoms with Crippen molar-refractivity contribution in [3.63, 3.8) is 0 Å². The van der Waals surface area contributed by atoms with E-state index < -0.39 is 0 Å². The highest BCUT2D eigenvalue weighted by Crippen LogP contribution is 2.35. The molecule has 1 N–H and O–H groups in total. The van der Waals surface area contributed by atoms with Crippen LogP contribution in [-0.2, 0) is 4.79 Å². The van der Waals surface area contributed by atoms with Crippen LogP contribution in [0.15, 0.2) is 12.4 Å². The Hall–Kier alpha value is -2.02. The number of likely N-dealkylation sites (tertiary alicyclic amines) is 2. The molecule has 2 fully saturated rings. The van der Waals surface area contributed by atoms with Gasteiger partial charge in [-0.3, -0.25) is 19.5 Å². The Balaban J connectivity index is 1.68. The van der Waals surface area contributed by atoms with E-state index in [-0.39, 0.29) is 23.9 Å². The van der Waals surface area contributed by atoms with Crippen molar-refractivity contribution >= 4 is 11.8 Å². The predicted molar refractivity (Wildman–Crippen MR) is 80.2 cm³/mol. The van der Waals surface area contributed by atoms with Crippen LogP contribution in [-0.4, -0.2) is 70.9 Å². The van der Waals surface area contributed by atoms with E-state index in [0.717, 1.165) is 12.1 Å². The lowest BCUT2D eigenvalue weighted by Gasteiger charge is -2.25. The minimum Gasteiger partial charge on any atom is -0.358 e. The molecule has 1 aromatic heterocycles. The van der Waals surface area contributed by atoms with E-state index in [1.54, 1.807) is 13.2 Å². The second kappa shape index (κ2) is 5.64. The highest BCUT2D eigenvalue weighted by atomic mass is 16.2. The molecule has 2 aliphatic heterocycles. The van der Waals surface area contributed by atoms with Crippen LogP contribution in [0.4, 0.5) is 0 Å². The van der Waals surface area contributed by atoms with Crippen molar-refractivity contribution in [2.75, 3.05) is 27.2 Å². The van der Waals surface area contributed by atoms with E-state index in [1.807, 2.05) is 18.9 Å². The minimum atomic E-state index is -0.0866. The van der Waals surface area contributed by atoms with Crippen molar-refractivity contribution in [3.05, 3.63) is 23.8 Å². The van der Waals surface area contributed by atoms with Crippen molar-refractivity contribution in [1.29, 1.82) is 0 Å². The Morgan fingerprint density at radius 1 is 1.27 bits per heavy atom. The molecule has 0 aromatic carbocycles. The third kappa shape index (κ3) is 2.45. The third-order valence-corrected chi connectivity index (χ3v) is 4.78. The fraction of sp³-hybridized carbons (Fsp3) is 0.600. The quantitative estimate of drug-likeness (QED) is 0.810. The van der Waals surface area contributed by atoms with Crippen molar-refractivity contribution in [2.24, 2.45) is 5.92 Å². The first-order valence-electron chi connectivity index (χ1n) is 7.52. The molecule has 3 atom stereocenters. The van der Waals surface area contributed by atoms with Crippen LogP contribution in [0.3, 0.4) is 0 Å². The molecule has 0 bridgehead atoms. The van der Waals surface area contributed by atoms with Gasteiger partial charge in [0.1, 0.15) is 5.69 Å². The lowest BCUT2D eigenvalue weighted by molar-refractivity contribution is -0.125. The van der Waals surface area contributed by atoms with E-state index in [2.05, 4.69) is 20.2 Å². The van der Waals surface area contributed by atoms with Gasteiger partial charge in [0, 0.05) is 32.4 Å². The zero-order chi connectivity index (χ0) is 15.9. The Morgan fingerprint density at radius 2 is 2.05 bits per heavy atom. The number of fused-ring (bicyclic) bond motifs is 1. The molecule has 7 heteroatoms. The summed E-state index contributed by atoms with van der Waals surface area (Å²) in [4.78, 5) is 36.6. The smallest absolute Gasteiger partial charge is 0.274 e. The molecular formula is C15H21N5O2. The van der Waals surface area contributed by atoms with Crippen LogP contribution in [0.25, 0.3) is 0 Å². The van der Waals surface area contributed by atoms with E-state index in [4.69, 9.17) is 0 Å². The molecule has 22 heavy (non-hydrogen) atoms. The van der Waals surface area contributed by atoms with Crippen molar-refractivity contribution < 1.29 is 9.59 Å². The van der Waals surface area contributed by atoms with Gasteiger partial charge in [0.05, 0.1) is 17.9 Å². The molecule has 0 spiro atoms. The molecule has 118 valence electrons. The Kier molecular flexibility index (Phi) is 3.82. The first-order valence-corrected chi connectivity index (χ1v) is 7.52. The molecule has 2 aliphatic rings. The Labute approximate surface area is 129 Å². The van der Waals surface area contributed by atoms with Gasteiger partial charge in [0.2, 0.25) is 5.91 Å². The number of carbonyl (C=O) groups excluding carboxylic acids is 2. The molecule has 0 saturated carbocycles. The number of rotatable bonds is 2. The van der Waals surface area contributed by atoms with Crippen LogP contribution in [0.2, 0.25) is 0 Å². The summed E-state index contributed by atoms with van der Waals surface area (Å²) in [5.74, 6) is 0.320. The first kappa shape index (κ1) is 14.9. The molecule has 0 aliphatic carbocycles. The van der Waals surface area contributed by atoms with Crippen molar-refractivity contribution in [3.8, 4) is 0 Å². The van der Waals surface area contributed by atoms with E-state index >= 15 is 0 Å². The molecule has 1 aromatic rings. The van der Waals surface area contributed by atoms with Gasteiger partial charge < -0.3 is 10.2 Å². The highest BCUT2D eigenvalue weighted by Gasteiger charge is 2.48. The average Bonchev–Trinajstić information content (AvgIpc) is 3.06. The fourth-order valence-electron chi connectivity index (χ4n) is 3.52. The van der Waals surface area contributed by atoms with Gasteiger partial charge in [-0.2, -0.15) is 0 Å². The number of nitrogens with zero attached hydrogens (tertiary/aromatic N) is 4. The van der Waals surface area contributed by atoms with Gasteiger partial charge >= 0.3 is 0 Å². The normalized spacial score (nSPS) is 27.8. The van der Waals surface area contributed by atoms with Crippen LogP contribution in [0.5, 0.6) is 0 Å². The van der Waals surface area contributed by atoms with E-state index in [0.29, 0.717) is 24.7 Å². The summed E-state index contributed by atoms with van der Waals surface area (Å²) in [5, 5.41) is 2.71. The largest absolute Gasteiger partial charge is 0.358 e. The number of aryl methyl sites for hydroxylation is 1. The summed E-state index contributed by atoms with van der Waals surface area (Å²) in [6.45, 7) is 3.16. The standard InChI is InChI=1S/C15H21N5O2/c1-9-5-18-11(6-17-9)15(22)20-7-10-4-12(14(21)16-2)19(3)13(10)8-20/h5-6,10,12-13H,4,7-8H2,1-3H3,(H,16,21)/t10-,12-,13+/m0/s1. The topological polar surface area (TPSA) is 78.4 Å². The van der Waals surface area contributed by atoms with Crippen LogP contribution >= 0.6 is 0 Å². The highest BCUT2D eigenvalue weighted by molar-refractivity contribution is 5.92. The Morgan fingerprint density at radius 3 is 2.64 bits per heavy atom. The molecule has 7 nitrogen and oxygen atoms in total. The van der Waals surface area contributed by atoms with Gasteiger partial charge in [0.15, 0.2) is 0 Å².